The molecule has 3 N–H and O–H groups in total. The number of halogens is 1. The summed E-state index contributed by atoms with van der Waals surface area (Å²) in [5.74, 6) is -0.860. The van der Waals surface area contributed by atoms with E-state index < -0.39 is 32.0 Å². The minimum atomic E-state index is -4.49. The van der Waals surface area contributed by atoms with E-state index in [0.717, 1.165) is 0 Å². The topological polar surface area (TPSA) is 108 Å². The van der Waals surface area contributed by atoms with Crippen LogP contribution in [-0.4, -0.2) is 23.5 Å². The van der Waals surface area contributed by atoms with Crippen molar-refractivity contribution in [2.75, 3.05) is 6.61 Å². The highest BCUT2D eigenvalue weighted by molar-refractivity contribution is 7.47. The van der Waals surface area contributed by atoms with Crippen molar-refractivity contribution in [2.45, 2.75) is 18.2 Å². The number of hydrogen-bond acceptors (Lipinski definition) is 6. The van der Waals surface area contributed by atoms with Crippen LogP contribution in [0.1, 0.15) is 22.3 Å². The molecule has 196 valence electrons. The molecule has 1 unspecified atom stereocenters. The third-order valence-corrected chi connectivity index (χ3v) is 7.08. The van der Waals surface area contributed by atoms with Gasteiger partial charge in [0.05, 0.1) is 13.2 Å². The zero-order chi connectivity index (χ0) is 27.0. The Morgan fingerprint density at radius 3 is 1.87 bits per heavy atom. The quantitative estimate of drug-likeness (QED) is 0.137. The average molecular weight is 552 g/mol. The van der Waals surface area contributed by atoms with Crippen molar-refractivity contribution < 1.29 is 28.0 Å². The first-order valence-electron chi connectivity index (χ1n) is 11.8. The first kappa shape index (κ1) is 27.7. The van der Waals surface area contributed by atoms with E-state index in [1.807, 2.05) is 66.7 Å². The summed E-state index contributed by atoms with van der Waals surface area (Å²) < 4.78 is 28.6. The summed E-state index contributed by atoms with van der Waals surface area (Å²) in [4.78, 5) is 23.5. The van der Waals surface area contributed by atoms with Crippen LogP contribution in [0, 0.1) is 0 Å². The van der Waals surface area contributed by atoms with Crippen LogP contribution in [-0.2, 0) is 35.4 Å². The Labute approximate surface area is 226 Å². The summed E-state index contributed by atoms with van der Waals surface area (Å²) in [5, 5.41) is 0.381. The van der Waals surface area contributed by atoms with E-state index in [4.69, 9.17) is 31.1 Å². The van der Waals surface area contributed by atoms with Gasteiger partial charge in [-0.3, -0.25) is 13.8 Å². The minimum Gasteiger partial charge on any atom is -0.443 e. The molecule has 7 nitrogen and oxygen atoms in total. The molecule has 0 amide bonds. The average Bonchev–Trinajstić information content (AvgIpc) is 2.95. The lowest BCUT2D eigenvalue weighted by molar-refractivity contribution is -0.156. The maximum atomic E-state index is 13.4. The van der Waals surface area contributed by atoms with Crippen LogP contribution in [0.2, 0.25) is 5.02 Å². The molecule has 0 heterocycles. The lowest BCUT2D eigenvalue weighted by Gasteiger charge is -2.36. The van der Waals surface area contributed by atoms with Gasteiger partial charge in [0.1, 0.15) is 6.04 Å². The van der Waals surface area contributed by atoms with Crippen LogP contribution in [0.25, 0.3) is 0 Å². The molecule has 0 bridgehead atoms. The lowest BCUT2D eigenvalue weighted by atomic mass is 9.80. The van der Waals surface area contributed by atoms with Crippen molar-refractivity contribution in [2.24, 2.45) is 5.73 Å². The summed E-state index contributed by atoms with van der Waals surface area (Å²) in [7, 11) is -4.49. The molecule has 0 aliphatic heterocycles. The molecule has 0 spiro atoms. The number of rotatable bonds is 11. The van der Waals surface area contributed by atoms with E-state index >= 15 is 0 Å². The van der Waals surface area contributed by atoms with Crippen molar-refractivity contribution in [3.63, 3.8) is 0 Å². The fraction of sp³-hybridized carbons (Fsp3) is 0.138. The standard InChI is InChI=1S/C29H27ClNO6P/c30-26-19-11-10-18-25(26)29(23-14-6-2-7-15-23,24-16-8-3-9-17-24)37-28(32)27(31)21-36-38(33,34)35-20-22-12-4-1-5-13-22/h1-19,27H,20-21,31H2,(H,33,34)/t27-/m0/s1. The smallest absolute Gasteiger partial charge is 0.443 e. The fourth-order valence-electron chi connectivity index (χ4n) is 3.98. The third-order valence-electron chi connectivity index (χ3n) is 5.82. The maximum absolute atomic E-state index is 13.4. The minimum absolute atomic E-state index is 0.147. The highest BCUT2D eigenvalue weighted by Crippen LogP contribution is 2.45. The molecule has 4 aromatic rings. The summed E-state index contributed by atoms with van der Waals surface area (Å²) in [5.41, 5.74) is 7.12. The van der Waals surface area contributed by atoms with Gasteiger partial charge in [0.25, 0.3) is 0 Å². The van der Waals surface area contributed by atoms with Crippen molar-refractivity contribution in [1.82, 2.24) is 0 Å². The molecule has 4 rings (SSSR count). The SMILES string of the molecule is N[C@@H](COP(=O)(O)OCc1ccccc1)C(=O)OC(c1ccccc1)(c1ccccc1)c1ccccc1Cl. The van der Waals surface area contributed by atoms with Crippen molar-refractivity contribution in [3.8, 4) is 0 Å². The summed E-state index contributed by atoms with van der Waals surface area (Å²) in [6.45, 7) is -0.754. The second kappa shape index (κ2) is 12.5. The molecule has 0 saturated carbocycles. The first-order valence-corrected chi connectivity index (χ1v) is 13.7. The summed E-state index contributed by atoms with van der Waals surface area (Å²) >= 11 is 6.64. The fourth-order valence-corrected chi connectivity index (χ4v) is 4.98. The Kier molecular flexibility index (Phi) is 9.13. The third kappa shape index (κ3) is 6.58. The number of hydrogen-bond donors (Lipinski definition) is 2. The van der Waals surface area contributed by atoms with Gasteiger partial charge in [-0.15, -0.1) is 0 Å². The Bertz CT molecular complexity index is 1350. The molecule has 4 aromatic carbocycles. The van der Waals surface area contributed by atoms with Crippen LogP contribution >= 0.6 is 19.4 Å². The largest absolute Gasteiger partial charge is 0.472 e. The normalized spacial score (nSPS) is 13.9. The van der Waals surface area contributed by atoms with Gasteiger partial charge < -0.3 is 15.4 Å². The van der Waals surface area contributed by atoms with E-state index in [1.54, 1.807) is 48.5 Å². The van der Waals surface area contributed by atoms with Crippen molar-refractivity contribution in [1.29, 1.82) is 0 Å². The van der Waals surface area contributed by atoms with Gasteiger partial charge in [-0.1, -0.05) is 121 Å². The van der Waals surface area contributed by atoms with Gasteiger partial charge in [-0.2, -0.15) is 0 Å². The molecule has 0 aromatic heterocycles. The Morgan fingerprint density at radius 2 is 1.32 bits per heavy atom. The molecule has 0 fully saturated rings. The molecular formula is C29H27ClNO6P. The zero-order valence-corrected chi connectivity index (χ0v) is 22.0. The number of phosphoric acid groups is 1. The number of nitrogens with two attached hydrogens (primary N) is 1. The maximum Gasteiger partial charge on any atom is 0.472 e. The molecule has 2 atom stereocenters. The molecule has 0 radical (unpaired) electrons. The first-order chi connectivity index (χ1) is 18.3. The highest BCUT2D eigenvalue weighted by atomic mass is 35.5. The molecule has 0 aliphatic rings. The lowest BCUT2D eigenvalue weighted by Crippen LogP contribution is -2.43. The van der Waals surface area contributed by atoms with Crippen LogP contribution in [0.4, 0.5) is 0 Å². The van der Waals surface area contributed by atoms with E-state index in [9.17, 15) is 14.3 Å². The zero-order valence-electron chi connectivity index (χ0n) is 20.4. The van der Waals surface area contributed by atoms with E-state index in [1.165, 1.54) is 0 Å². The van der Waals surface area contributed by atoms with Gasteiger partial charge in [0.2, 0.25) is 0 Å². The number of esters is 1. The second-order valence-electron chi connectivity index (χ2n) is 8.44. The van der Waals surface area contributed by atoms with E-state index in [2.05, 4.69) is 0 Å². The molecule has 38 heavy (non-hydrogen) atoms. The Hall–Kier alpha value is -3.29. The highest BCUT2D eigenvalue weighted by Gasteiger charge is 2.43. The number of ether oxygens (including phenoxy) is 1. The number of phosphoric ester groups is 1. The summed E-state index contributed by atoms with van der Waals surface area (Å²) in [6.07, 6.45) is 0. The molecule has 0 saturated heterocycles. The van der Waals surface area contributed by atoms with Crippen molar-refractivity contribution >= 4 is 25.4 Å². The van der Waals surface area contributed by atoms with Crippen LogP contribution < -0.4 is 5.73 Å². The van der Waals surface area contributed by atoms with Crippen molar-refractivity contribution in [3.05, 3.63) is 143 Å². The van der Waals surface area contributed by atoms with Gasteiger partial charge in [-0.25, -0.2) is 4.57 Å². The number of carbonyl (C=O) groups is 1. The predicted molar refractivity (Wildman–Crippen MR) is 145 cm³/mol. The Balaban J connectivity index is 1.60. The van der Waals surface area contributed by atoms with Gasteiger partial charge in [0, 0.05) is 21.7 Å². The van der Waals surface area contributed by atoms with Gasteiger partial charge in [0.15, 0.2) is 5.60 Å². The van der Waals surface area contributed by atoms with Gasteiger partial charge in [-0.05, 0) is 11.6 Å². The van der Waals surface area contributed by atoms with Crippen LogP contribution in [0.15, 0.2) is 115 Å². The summed E-state index contributed by atoms with van der Waals surface area (Å²) in [6, 6.07) is 32.8. The van der Waals surface area contributed by atoms with Crippen LogP contribution in [0.5, 0.6) is 0 Å². The molecular weight excluding hydrogens is 525 g/mol. The number of benzene rings is 4. The molecule has 9 heteroatoms. The monoisotopic (exact) mass is 551 g/mol. The van der Waals surface area contributed by atoms with Crippen LogP contribution in [0.3, 0.4) is 0 Å². The molecule has 0 aliphatic carbocycles. The Morgan fingerprint density at radius 1 is 0.816 bits per heavy atom. The number of carbonyl (C=O) groups excluding carboxylic acids is 1. The predicted octanol–water partition coefficient (Wildman–Crippen LogP) is 5.84. The van der Waals surface area contributed by atoms with Gasteiger partial charge >= 0.3 is 13.8 Å². The second-order valence-corrected chi connectivity index (χ2v) is 10.3. The van der Waals surface area contributed by atoms with E-state index in [0.29, 0.717) is 27.3 Å². The van der Waals surface area contributed by atoms with E-state index in [-0.39, 0.29) is 6.61 Å².